The number of rotatable bonds is 7. The van der Waals surface area contributed by atoms with Crippen LogP contribution in [0.4, 0.5) is 9.80 Å². The lowest BCUT2D eigenvalue weighted by molar-refractivity contribution is -0.116. The molecule has 4 rings (SSSR count). The van der Waals surface area contributed by atoms with Crippen molar-refractivity contribution in [2.75, 3.05) is 18.9 Å². The number of fused-ring (bicyclic) bond motifs is 1. The summed E-state index contributed by atoms with van der Waals surface area (Å²) in [6.07, 6.45) is 8.20. The van der Waals surface area contributed by atoms with Gasteiger partial charge in [0.2, 0.25) is 5.91 Å². The monoisotopic (exact) mass is 466 g/mol. The van der Waals surface area contributed by atoms with Gasteiger partial charge in [-0.3, -0.25) is 14.8 Å². The van der Waals surface area contributed by atoms with E-state index in [0.29, 0.717) is 38.2 Å². The zero-order chi connectivity index (χ0) is 23.2. The number of ether oxygens (including phenoxy) is 1. The van der Waals surface area contributed by atoms with Gasteiger partial charge in [-0.15, -0.1) is 11.3 Å². The van der Waals surface area contributed by atoms with Crippen molar-refractivity contribution in [3.8, 4) is 0 Å². The van der Waals surface area contributed by atoms with E-state index in [-0.39, 0.29) is 18.6 Å². The molecule has 9 nitrogen and oxygen atoms in total. The number of imidazole rings is 1. The van der Waals surface area contributed by atoms with E-state index in [2.05, 4.69) is 20.3 Å². The average Bonchev–Trinajstić information content (AvgIpc) is 3.39. The number of aromatic nitrogens is 3. The first kappa shape index (κ1) is 22.7. The van der Waals surface area contributed by atoms with E-state index in [0.717, 1.165) is 26.7 Å². The standard InChI is InChI=1S/C23H26N6O3S/c1-24-13-18-17-8-11-29(23(31)32-15-20-26-10-12-28(20)2)14-19(17)33-22(18)27-21(30)7-6-16-5-3-4-9-25-16/h3-5,9-10,12-13H,6-8,11,14-15H2,1-2H3,(H,27,30). The molecule has 0 radical (unpaired) electrons. The van der Waals surface area contributed by atoms with Gasteiger partial charge in [-0.2, -0.15) is 0 Å². The largest absolute Gasteiger partial charge is 0.441 e. The first-order valence-corrected chi connectivity index (χ1v) is 11.5. The van der Waals surface area contributed by atoms with Gasteiger partial charge in [-0.1, -0.05) is 6.07 Å². The van der Waals surface area contributed by atoms with Crippen molar-refractivity contribution in [3.63, 3.8) is 0 Å². The van der Waals surface area contributed by atoms with Crippen molar-refractivity contribution in [1.29, 1.82) is 0 Å². The molecule has 0 atom stereocenters. The van der Waals surface area contributed by atoms with Gasteiger partial charge in [0.1, 0.15) is 10.8 Å². The molecule has 0 saturated heterocycles. The molecule has 3 aromatic rings. The number of pyridine rings is 1. The van der Waals surface area contributed by atoms with Gasteiger partial charge >= 0.3 is 6.09 Å². The third-order valence-corrected chi connectivity index (χ3v) is 6.60. The number of anilines is 1. The summed E-state index contributed by atoms with van der Waals surface area (Å²) in [6, 6.07) is 5.68. The number of hydrogen-bond acceptors (Lipinski definition) is 7. The van der Waals surface area contributed by atoms with Gasteiger partial charge < -0.3 is 19.5 Å². The van der Waals surface area contributed by atoms with E-state index in [1.54, 1.807) is 30.6 Å². The fourth-order valence-electron chi connectivity index (χ4n) is 3.67. The molecule has 2 amide bonds. The van der Waals surface area contributed by atoms with Crippen LogP contribution in [0.1, 0.15) is 33.9 Å². The maximum atomic E-state index is 12.6. The van der Waals surface area contributed by atoms with Crippen LogP contribution in [0.15, 0.2) is 41.8 Å². The van der Waals surface area contributed by atoms with Crippen LogP contribution >= 0.6 is 11.3 Å². The molecule has 0 aromatic carbocycles. The summed E-state index contributed by atoms with van der Waals surface area (Å²) in [4.78, 5) is 40.5. The second-order valence-corrected chi connectivity index (χ2v) is 8.79. The Labute approximate surface area is 196 Å². The molecule has 0 unspecified atom stereocenters. The van der Waals surface area contributed by atoms with Crippen LogP contribution in [0, 0.1) is 0 Å². The maximum Gasteiger partial charge on any atom is 0.410 e. The number of thiophene rings is 1. The molecule has 0 spiro atoms. The molecule has 0 saturated carbocycles. The minimum absolute atomic E-state index is 0.0728. The minimum Gasteiger partial charge on any atom is -0.441 e. The van der Waals surface area contributed by atoms with Crippen molar-refractivity contribution >= 4 is 34.6 Å². The fraction of sp³-hybridized carbons (Fsp3) is 0.348. The van der Waals surface area contributed by atoms with Crippen molar-refractivity contribution < 1.29 is 14.3 Å². The third kappa shape index (κ3) is 5.46. The molecular formula is C23H26N6O3S. The lowest BCUT2D eigenvalue weighted by Gasteiger charge is -2.26. The zero-order valence-corrected chi connectivity index (χ0v) is 19.5. The summed E-state index contributed by atoms with van der Waals surface area (Å²) in [5, 5.41) is 3.80. The zero-order valence-electron chi connectivity index (χ0n) is 18.7. The van der Waals surface area contributed by atoms with Crippen LogP contribution in [0.3, 0.4) is 0 Å². The fourth-order valence-corrected chi connectivity index (χ4v) is 4.92. The Morgan fingerprint density at radius 3 is 2.91 bits per heavy atom. The summed E-state index contributed by atoms with van der Waals surface area (Å²) < 4.78 is 7.27. The second kappa shape index (κ2) is 10.4. The molecule has 172 valence electrons. The molecule has 10 heteroatoms. The first-order valence-electron chi connectivity index (χ1n) is 10.7. The maximum absolute atomic E-state index is 12.6. The van der Waals surface area contributed by atoms with Gasteiger partial charge in [0, 0.05) is 68.0 Å². The summed E-state index contributed by atoms with van der Waals surface area (Å²) in [7, 11) is 3.57. The molecule has 0 bridgehead atoms. The average molecular weight is 467 g/mol. The lowest BCUT2D eigenvalue weighted by Crippen LogP contribution is -2.36. The van der Waals surface area contributed by atoms with Gasteiger partial charge in [0.25, 0.3) is 0 Å². The topological polar surface area (TPSA) is 102 Å². The van der Waals surface area contributed by atoms with Crippen molar-refractivity contribution in [2.45, 2.75) is 32.4 Å². The number of carbonyl (C=O) groups excluding carboxylic acids is 2. The predicted octanol–water partition coefficient (Wildman–Crippen LogP) is 3.19. The van der Waals surface area contributed by atoms with Gasteiger partial charge in [0.05, 0.1) is 6.54 Å². The molecule has 1 aliphatic rings. The van der Waals surface area contributed by atoms with Crippen LogP contribution in [-0.2, 0) is 42.6 Å². The van der Waals surface area contributed by atoms with E-state index >= 15 is 0 Å². The van der Waals surface area contributed by atoms with E-state index in [1.807, 2.05) is 36.0 Å². The number of nitrogens with zero attached hydrogens (tertiary/aromatic N) is 5. The molecule has 33 heavy (non-hydrogen) atoms. The van der Waals surface area contributed by atoms with Gasteiger partial charge in [-0.25, -0.2) is 9.78 Å². The quantitative estimate of drug-likeness (QED) is 0.539. The van der Waals surface area contributed by atoms with E-state index in [4.69, 9.17) is 4.74 Å². The number of amides is 2. The smallest absolute Gasteiger partial charge is 0.410 e. The molecule has 1 N–H and O–H groups in total. The Hall–Kier alpha value is -3.53. The molecule has 4 heterocycles. The van der Waals surface area contributed by atoms with Gasteiger partial charge in [-0.05, 0) is 30.5 Å². The number of aryl methyl sites for hydroxylation is 2. The summed E-state index contributed by atoms with van der Waals surface area (Å²) in [5.41, 5.74) is 2.93. The van der Waals surface area contributed by atoms with Crippen molar-refractivity contribution in [1.82, 2.24) is 19.4 Å². The van der Waals surface area contributed by atoms with Crippen LogP contribution in [0.5, 0.6) is 0 Å². The highest BCUT2D eigenvalue weighted by Crippen LogP contribution is 2.36. The summed E-state index contributed by atoms with van der Waals surface area (Å²) >= 11 is 1.49. The normalized spacial score (nSPS) is 13.2. The van der Waals surface area contributed by atoms with Crippen molar-refractivity contribution in [2.24, 2.45) is 12.0 Å². The van der Waals surface area contributed by atoms with E-state index in [1.165, 1.54) is 11.3 Å². The number of aliphatic imine (C=N–C) groups is 1. The molecule has 3 aromatic heterocycles. The van der Waals surface area contributed by atoms with Crippen LogP contribution in [0.2, 0.25) is 0 Å². The summed E-state index contributed by atoms with van der Waals surface area (Å²) in [5.74, 6) is 0.616. The Morgan fingerprint density at radius 2 is 2.18 bits per heavy atom. The van der Waals surface area contributed by atoms with Crippen LogP contribution < -0.4 is 5.32 Å². The van der Waals surface area contributed by atoms with Crippen LogP contribution in [0.25, 0.3) is 0 Å². The van der Waals surface area contributed by atoms with E-state index in [9.17, 15) is 9.59 Å². The Kier molecular flexibility index (Phi) is 7.13. The van der Waals surface area contributed by atoms with Crippen LogP contribution in [-0.4, -0.2) is 51.2 Å². The number of nitrogens with one attached hydrogen (secondary N) is 1. The molecule has 0 aliphatic carbocycles. The number of hydrogen-bond donors (Lipinski definition) is 1. The highest BCUT2D eigenvalue weighted by atomic mass is 32.1. The summed E-state index contributed by atoms with van der Waals surface area (Å²) in [6.45, 7) is 1.11. The Bertz CT molecular complexity index is 1150. The van der Waals surface area contributed by atoms with Crippen molar-refractivity contribution in [3.05, 3.63) is 64.3 Å². The minimum atomic E-state index is -0.372. The highest BCUT2D eigenvalue weighted by molar-refractivity contribution is 7.16. The number of carbonyl (C=O) groups is 2. The lowest BCUT2D eigenvalue weighted by atomic mass is 10.0. The van der Waals surface area contributed by atoms with E-state index < -0.39 is 0 Å². The molecule has 1 aliphatic heterocycles. The highest BCUT2D eigenvalue weighted by Gasteiger charge is 2.27. The predicted molar refractivity (Wildman–Crippen MR) is 127 cm³/mol. The third-order valence-electron chi connectivity index (χ3n) is 5.45. The molecular weight excluding hydrogens is 440 g/mol. The second-order valence-electron chi connectivity index (χ2n) is 7.68. The Balaban J connectivity index is 1.40. The SMILES string of the molecule is CN=Cc1c(NC(=O)CCc2ccccn2)sc2c1CCN(C(=O)OCc1nccn1C)C2. The first-order chi connectivity index (χ1) is 16.0. The molecule has 0 fully saturated rings. The Morgan fingerprint density at radius 1 is 1.30 bits per heavy atom. The van der Waals surface area contributed by atoms with Gasteiger partial charge in [0.15, 0.2) is 6.61 Å².